The van der Waals surface area contributed by atoms with Crippen molar-refractivity contribution in [3.63, 3.8) is 0 Å². The molecule has 2 rings (SSSR count). The standard InChI is InChI=1S/C18H27N5O/c1-5-12-23(19)17-20-16(22(8-4)18(24)21-17)15-13(6-2)10-9-11-14(15)7-3/h9-11H,5-8,12,19H2,1-4H3. The summed E-state index contributed by atoms with van der Waals surface area (Å²) in [6, 6.07) is 6.24. The summed E-state index contributed by atoms with van der Waals surface area (Å²) in [7, 11) is 0. The normalized spacial score (nSPS) is 10.9. The van der Waals surface area contributed by atoms with E-state index in [0.717, 1.165) is 24.8 Å². The quantitative estimate of drug-likeness (QED) is 0.624. The molecule has 1 aromatic heterocycles. The first-order valence-corrected chi connectivity index (χ1v) is 8.69. The molecule has 0 spiro atoms. The summed E-state index contributed by atoms with van der Waals surface area (Å²) in [5.41, 5.74) is 3.09. The molecule has 0 unspecified atom stereocenters. The van der Waals surface area contributed by atoms with Crippen molar-refractivity contribution in [2.24, 2.45) is 5.84 Å². The van der Waals surface area contributed by atoms with Gasteiger partial charge in [-0.15, -0.1) is 0 Å². The third kappa shape index (κ3) is 3.48. The van der Waals surface area contributed by atoms with Crippen LogP contribution in [0.5, 0.6) is 0 Å². The van der Waals surface area contributed by atoms with Gasteiger partial charge in [0, 0.05) is 18.7 Å². The van der Waals surface area contributed by atoms with Crippen LogP contribution in [0, 0.1) is 0 Å². The number of hydrogen-bond donors (Lipinski definition) is 1. The molecule has 24 heavy (non-hydrogen) atoms. The van der Waals surface area contributed by atoms with Gasteiger partial charge in [0.15, 0.2) is 0 Å². The van der Waals surface area contributed by atoms with Crippen LogP contribution >= 0.6 is 0 Å². The smallest absolute Gasteiger partial charge is 0.279 e. The van der Waals surface area contributed by atoms with Crippen molar-refractivity contribution in [1.29, 1.82) is 0 Å². The van der Waals surface area contributed by atoms with E-state index in [1.54, 1.807) is 4.57 Å². The summed E-state index contributed by atoms with van der Waals surface area (Å²) in [5, 5.41) is 1.45. The van der Waals surface area contributed by atoms with Gasteiger partial charge in [-0.2, -0.15) is 9.97 Å². The molecule has 130 valence electrons. The number of hydrogen-bond acceptors (Lipinski definition) is 5. The molecule has 1 heterocycles. The molecule has 0 saturated carbocycles. The van der Waals surface area contributed by atoms with E-state index >= 15 is 0 Å². The summed E-state index contributed by atoms with van der Waals surface area (Å²) in [5.74, 6) is 6.96. The zero-order chi connectivity index (χ0) is 17.7. The van der Waals surface area contributed by atoms with E-state index in [2.05, 4.69) is 42.0 Å². The van der Waals surface area contributed by atoms with E-state index in [1.807, 2.05) is 13.8 Å². The molecule has 0 radical (unpaired) electrons. The minimum absolute atomic E-state index is 0.287. The molecule has 0 aliphatic heterocycles. The lowest BCUT2D eigenvalue weighted by Gasteiger charge is -2.20. The van der Waals surface area contributed by atoms with Gasteiger partial charge in [0.05, 0.1) is 0 Å². The first kappa shape index (κ1) is 18.1. The van der Waals surface area contributed by atoms with Crippen molar-refractivity contribution in [2.45, 2.75) is 53.5 Å². The second-order valence-corrected chi connectivity index (χ2v) is 5.73. The molecule has 0 fully saturated rings. The number of nitrogens with two attached hydrogens (primary N) is 1. The predicted octanol–water partition coefficient (Wildman–Crippen LogP) is 2.54. The van der Waals surface area contributed by atoms with Crippen LogP contribution in [0.3, 0.4) is 0 Å². The van der Waals surface area contributed by atoms with Crippen LogP contribution in [0.1, 0.15) is 45.2 Å². The number of aryl methyl sites for hydroxylation is 2. The second kappa shape index (κ2) is 8.06. The summed E-state index contributed by atoms with van der Waals surface area (Å²) < 4.78 is 1.62. The minimum atomic E-state index is -0.308. The van der Waals surface area contributed by atoms with Gasteiger partial charge in [-0.1, -0.05) is 39.0 Å². The predicted molar refractivity (Wildman–Crippen MR) is 98.0 cm³/mol. The van der Waals surface area contributed by atoms with Crippen LogP contribution in [0.2, 0.25) is 0 Å². The van der Waals surface area contributed by atoms with Crippen molar-refractivity contribution >= 4 is 5.95 Å². The molecule has 0 atom stereocenters. The molecule has 1 aromatic carbocycles. The first-order chi connectivity index (χ1) is 11.6. The van der Waals surface area contributed by atoms with Crippen LogP contribution in [-0.4, -0.2) is 21.1 Å². The van der Waals surface area contributed by atoms with Crippen molar-refractivity contribution < 1.29 is 0 Å². The number of aromatic nitrogens is 3. The molecule has 2 aromatic rings. The molecule has 6 heteroatoms. The van der Waals surface area contributed by atoms with Gasteiger partial charge in [0.1, 0.15) is 5.82 Å². The largest absolute Gasteiger partial charge is 0.352 e. The highest BCUT2D eigenvalue weighted by Crippen LogP contribution is 2.27. The molecular formula is C18H27N5O. The van der Waals surface area contributed by atoms with Gasteiger partial charge in [-0.3, -0.25) is 9.58 Å². The maximum absolute atomic E-state index is 12.5. The Morgan fingerprint density at radius 1 is 1.08 bits per heavy atom. The van der Waals surface area contributed by atoms with E-state index < -0.39 is 0 Å². The van der Waals surface area contributed by atoms with Gasteiger partial charge in [-0.05, 0) is 37.3 Å². The van der Waals surface area contributed by atoms with Crippen molar-refractivity contribution in [2.75, 3.05) is 11.6 Å². The van der Waals surface area contributed by atoms with E-state index in [1.165, 1.54) is 16.1 Å². The van der Waals surface area contributed by atoms with E-state index in [-0.39, 0.29) is 11.6 Å². The number of anilines is 1. The lowest BCUT2D eigenvalue weighted by Crippen LogP contribution is -2.37. The summed E-state index contributed by atoms with van der Waals surface area (Å²) >= 11 is 0. The Morgan fingerprint density at radius 3 is 2.21 bits per heavy atom. The fourth-order valence-corrected chi connectivity index (χ4v) is 2.89. The highest BCUT2D eigenvalue weighted by atomic mass is 16.1. The topological polar surface area (TPSA) is 77.0 Å². The molecular weight excluding hydrogens is 302 g/mol. The zero-order valence-corrected chi connectivity index (χ0v) is 15.0. The van der Waals surface area contributed by atoms with Crippen LogP contribution in [0.25, 0.3) is 11.4 Å². The van der Waals surface area contributed by atoms with Crippen molar-refractivity contribution in [3.8, 4) is 11.4 Å². The summed E-state index contributed by atoms with van der Waals surface area (Å²) in [6.45, 7) is 9.30. The molecule has 0 aliphatic carbocycles. The Balaban J connectivity index is 2.76. The van der Waals surface area contributed by atoms with Gasteiger partial charge in [-0.25, -0.2) is 10.6 Å². The van der Waals surface area contributed by atoms with Crippen LogP contribution in [-0.2, 0) is 19.4 Å². The first-order valence-electron chi connectivity index (χ1n) is 8.69. The van der Waals surface area contributed by atoms with Crippen LogP contribution in [0.15, 0.2) is 23.0 Å². The molecule has 0 saturated heterocycles. The van der Waals surface area contributed by atoms with Crippen LogP contribution in [0.4, 0.5) is 5.95 Å². The van der Waals surface area contributed by atoms with E-state index in [9.17, 15) is 4.79 Å². The maximum Gasteiger partial charge on any atom is 0.352 e. The number of hydrazine groups is 1. The monoisotopic (exact) mass is 329 g/mol. The fourth-order valence-electron chi connectivity index (χ4n) is 2.89. The summed E-state index contributed by atoms with van der Waals surface area (Å²) in [6.07, 6.45) is 2.61. The highest BCUT2D eigenvalue weighted by Gasteiger charge is 2.18. The Labute approximate surface area is 143 Å². The average molecular weight is 329 g/mol. The third-order valence-corrected chi connectivity index (χ3v) is 4.15. The second-order valence-electron chi connectivity index (χ2n) is 5.73. The fraction of sp³-hybridized carbons (Fsp3) is 0.500. The number of rotatable bonds is 7. The Bertz CT molecular complexity index is 731. The Kier molecular flexibility index (Phi) is 6.09. The zero-order valence-electron chi connectivity index (χ0n) is 15.0. The molecule has 2 N–H and O–H groups in total. The van der Waals surface area contributed by atoms with Gasteiger partial charge in [0.2, 0.25) is 5.95 Å². The number of nitrogens with zero attached hydrogens (tertiary/aromatic N) is 4. The Morgan fingerprint density at radius 2 is 1.71 bits per heavy atom. The number of benzene rings is 1. The lowest BCUT2D eigenvalue weighted by molar-refractivity contribution is 0.667. The van der Waals surface area contributed by atoms with E-state index in [4.69, 9.17) is 5.84 Å². The average Bonchev–Trinajstić information content (AvgIpc) is 2.60. The third-order valence-electron chi connectivity index (χ3n) is 4.15. The lowest BCUT2D eigenvalue weighted by atomic mass is 9.97. The Hall–Kier alpha value is -2.21. The van der Waals surface area contributed by atoms with Gasteiger partial charge in [0.25, 0.3) is 0 Å². The van der Waals surface area contributed by atoms with Crippen LogP contribution < -0.4 is 16.5 Å². The molecule has 6 nitrogen and oxygen atoms in total. The molecule has 0 aliphatic rings. The molecule has 0 bridgehead atoms. The van der Waals surface area contributed by atoms with Crippen molar-refractivity contribution in [1.82, 2.24) is 14.5 Å². The maximum atomic E-state index is 12.5. The summed E-state index contributed by atoms with van der Waals surface area (Å²) in [4.78, 5) is 21.2. The molecule has 0 amide bonds. The SMILES string of the molecule is CCCN(N)c1nc(-c2c(CC)cccc2CC)n(CC)c(=O)n1. The van der Waals surface area contributed by atoms with E-state index in [0.29, 0.717) is 18.9 Å². The van der Waals surface area contributed by atoms with Gasteiger partial charge >= 0.3 is 5.69 Å². The highest BCUT2D eigenvalue weighted by molar-refractivity contribution is 5.66. The minimum Gasteiger partial charge on any atom is -0.279 e. The van der Waals surface area contributed by atoms with Crippen molar-refractivity contribution in [3.05, 3.63) is 39.8 Å². The van der Waals surface area contributed by atoms with Gasteiger partial charge < -0.3 is 0 Å².